The predicted octanol–water partition coefficient (Wildman–Crippen LogP) is 4.21. The average molecular weight is 375 g/mol. The Morgan fingerprint density at radius 2 is 2.17 bits per heavy atom. The Bertz CT molecular complexity index is 430. The topological polar surface area (TPSA) is 29.1 Å². The molecule has 0 saturated heterocycles. The van der Waals surface area contributed by atoms with E-state index in [1.807, 2.05) is 19.1 Å². The lowest BCUT2D eigenvalue weighted by molar-refractivity contribution is -0.113. The number of benzene rings is 1. The normalized spacial score (nSPS) is 15.9. The van der Waals surface area contributed by atoms with Gasteiger partial charge >= 0.3 is 0 Å². The third kappa shape index (κ3) is 4.16. The van der Waals surface area contributed by atoms with Crippen molar-refractivity contribution in [3.63, 3.8) is 0 Å². The van der Waals surface area contributed by atoms with Gasteiger partial charge in [-0.25, -0.2) is 0 Å². The van der Waals surface area contributed by atoms with Gasteiger partial charge < -0.3 is 5.32 Å². The number of nitrogens with one attached hydrogen (secondary N) is 1. The van der Waals surface area contributed by atoms with Gasteiger partial charge in [0.05, 0.1) is 5.75 Å². The first kappa shape index (κ1) is 14.2. The van der Waals surface area contributed by atoms with Crippen molar-refractivity contribution in [1.82, 2.24) is 0 Å². The van der Waals surface area contributed by atoms with Gasteiger partial charge in [0, 0.05) is 14.5 Å². The summed E-state index contributed by atoms with van der Waals surface area (Å²) in [7, 11) is 0. The molecule has 1 N–H and O–H groups in total. The van der Waals surface area contributed by atoms with Gasteiger partial charge in [-0.2, -0.15) is 0 Å². The number of aryl methyl sites for hydroxylation is 1. The van der Waals surface area contributed by atoms with Gasteiger partial charge in [0.1, 0.15) is 0 Å². The van der Waals surface area contributed by atoms with Gasteiger partial charge in [-0.3, -0.25) is 4.79 Å². The van der Waals surface area contributed by atoms with Crippen LogP contribution >= 0.6 is 34.4 Å². The van der Waals surface area contributed by atoms with Crippen molar-refractivity contribution in [2.75, 3.05) is 11.1 Å². The smallest absolute Gasteiger partial charge is 0.234 e. The number of rotatable bonds is 4. The Labute approximate surface area is 126 Å². The molecule has 2 rings (SSSR count). The van der Waals surface area contributed by atoms with Gasteiger partial charge in [-0.1, -0.05) is 12.8 Å². The SMILES string of the molecule is Cc1cc(I)ccc1NC(=O)CSC1CCCC1. The number of hydrogen-bond acceptors (Lipinski definition) is 2. The van der Waals surface area contributed by atoms with Crippen LogP contribution in [0.15, 0.2) is 18.2 Å². The molecule has 18 heavy (non-hydrogen) atoms. The summed E-state index contributed by atoms with van der Waals surface area (Å²) >= 11 is 4.09. The summed E-state index contributed by atoms with van der Waals surface area (Å²) in [5.41, 5.74) is 2.06. The zero-order valence-electron chi connectivity index (χ0n) is 10.5. The molecule has 2 nitrogen and oxygen atoms in total. The zero-order valence-corrected chi connectivity index (χ0v) is 13.5. The molecule has 1 aliphatic carbocycles. The number of amides is 1. The maximum absolute atomic E-state index is 11.9. The van der Waals surface area contributed by atoms with E-state index in [2.05, 4.69) is 34.0 Å². The first-order chi connectivity index (χ1) is 8.65. The summed E-state index contributed by atoms with van der Waals surface area (Å²) in [6, 6.07) is 6.09. The van der Waals surface area contributed by atoms with E-state index in [4.69, 9.17) is 0 Å². The lowest BCUT2D eigenvalue weighted by atomic mass is 10.2. The lowest BCUT2D eigenvalue weighted by Gasteiger charge is -2.11. The molecule has 0 heterocycles. The van der Waals surface area contributed by atoms with Crippen LogP contribution in [0, 0.1) is 10.5 Å². The maximum atomic E-state index is 11.9. The molecule has 4 heteroatoms. The van der Waals surface area contributed by atoms with E-state index in [0.29, 0.717) is 11.0 Å². The molecule has 1 saturated carbocycles. The molecule has 0 radical (unpaired) electrons. The molecule has 1 aliphatic rings. The molecule has 0 aromatic heterocycles. The molecule has 98 valence electrons. The van der Waals surface area contributed by atoms with Crippen LogP contribution in [0.1, 0.15) is 31.2 Å². The fraction of sp³-hybridized carbons (Fsp3) is 0.500. The minimum Gasteiger partial charge on any atom is -0.325 e. The largest absolute Gasteiger partial charge is 0.325 e. The van der Waals surface area contributed by atoms with E-state index in [1.165, 1.54) is 29.3 Å². The second kappa shape index (κ2) is 6.80. The molecule has 1 fully saturated rings. The highest BCUT2D eigenvalue weighted by Crippen LogP contribution is 2.29. The number of halogens is 1. The third-order valence-corrected chi connectivity index (χ3v) is 5.26. The molecule has 1 aromatic carbocycles. The standard InChI is InChI=1S/C14H18INOS/c1-10-8-11(15)6-7-13(10)16-14(17)9-18-12-4-2-3-5-12/h6-8,12H,2-5,9H2,1H3,(H,16,17). The van der Waals surface area contributed by atoms with Crippen molar-refractivity contribution in [1.29, 1.82) is 0 Å². The fourth-order valence-corrected chi connectivity index (χ4v) is 3.97. The van der Waals surface area contributed by atoms with E-state index < -0.39 is 0 Å². The van der Waals surface area contributed by atoms with Crippen molar-refractivity contribution in [2.24, 2.45) is 0 Å². The Hall–Kier alpha value is -0.230. The Kier molecular flexibility index (Phi) is 5.36. The van der Waals surface area contributed by atoms with Crippen LogP contribution in [0.4, 0.5) is 5.69 Å². The highest BCUT2D eigenvalue weighted by atomic mass is 127. The average Bonchev–Trinajstić information content (AvgIpc) is 2.83. The van der Waals surface area contributed by atoms with E-state index in [-0.39, 0.29) is 5.91 Å². The summed E-state index contributed by atoms with van der Waals surface area (Å²) in [6.07, 6.45) is 5.21. The van der Waals surface area contributed by atoms with Crippen LogP contribution in [-0.2, 0) is 4.79 Å². The fourth-order valence-electron chi connectivity index (χ4n) is 2.20. The van der Waals surface area contributed by atoms with Crippen LogP contribution in [0.3, 0.4) is 0 Å². The van der Waals surface area contributed by atoms with Crippen LogP contribution in [0.25, 0.3) is 0 Å². The van der Waals surface area contributed by atoms with Gasteiger partial charge in [0.25, 0.3) is 0 Å². The van der Waals surface area contributed by atoms with Crippen LogP contribution in [-0.4, -0.2) is 16.9 Å². The van der Waals surface area contributed by atoms with E-state index in [1.54, 1.807) is 11.8 Å². The first-order valence-corrected chi connectivity index (χ1v) is 8.45. The molecule has 1 amide bonds. The number of carbonyl (C=O) groups is 1. The summed E-state index contributed by atoms with van der Waals surface area (Å²) in [6.45, 7) is 2.03. The van der Waals surface area contributed by atoms with Gasteiger partial charge in [0.15, 0.2) is 0 Å². The van der Waals surface area contributed by atoms with Gasteiger partial charge in [0.2, 0.25) is 5.91 Å². The molecular formula is C14H18INOS. The van der Waals surface area contributed by atoms with Crippen molar-refractivity contribution in [3.05, 3.63) is 27.3 Å². The Morgan fingerprint density at radius 1 is 1.44 bits per heavy atom. The molecule has 0 spiro atoms. The predicted molar refractivity (Wildman–Crippen MR) is 87.2 cm³/mol. The van der Waals surface area contributed by atoms with Crippen LogP contribution in [0.2, 0.25) is 0 Å². The first-order valence-electron chi connectivity index (χ1n) is 6.33. The highest BCUT2D eigenvalue weighted by molar-refractivity contribution is 14.1. The number of thioether (sulfide) groups is 1. The summed E-state index contributed by atoms with van der Waals surface area (Å²) < 4.78 is 1.20. The molecule has 0 atom stereocenters. The Morgan fingerprint density at radius 3 is 2.83 bits per heavy atom. The van der Waals surface area contributed by atoms with Crippen molar-refractivity contribution in [3.8, 4) is 0 Å². The van der Waals surface area contributed by atoms with E-state index in [9.17, 15) is 4.79 Å². The van der Waals surface area contributed by atoms with Crippen molar-refractivity contribution < 1.29 is 4.79 Å². The molecule has 1 aromatic rings. The van der Waals surface area contributed by atoms with E-state index >= 15 is 0 Å². The van der Waals surface area contributed by atoms with Crippen molar-refractivity contribution >= 4 is 45.9 Å². The minimum atomic E-state index is 0.121. The van der Waals surface area contributed by atoms with Gasteiger partial charge in [-0.05, 0) is 66.1 Å². The maximum Gasteiger partial charge on any atom is 0.234 e. The monoisotopic (exact) mass is 375 g/mol. The zero-order chi connectivity index (χ0) is 13.0. The van der Waals surface area contributed by atoms with Crippen LogP contribution in [0.5, 0.6) is 0 Å². The summed E-state index contributed by atoms with van der Waals surface area (Å²) in [4.78, 5) is 11.9. The number of anilines is 1. The summed E-state index contributed by atoms with van der Waals surface area (Å²) in [5, 5.41) is 3.70. The number of hydrogen-bond donors (Lipinski definition) is 1. The third-order valence-electron chi connectivity index (χ3n) is 3.21. The van der Waals surface area contributed by atoms with Crippen LogP contribution < -0.4 is 5.32 Å². The van der Waals surface area contributed by atoms with Gasteiger partial charge in [-0.15, -0.1) is 11.8 Å². The second-order valence-corrected chi connectivity index (χ2v) is 7.26. The van der Waals surface area contributed by atoms with Crippen molar-refractivity contribution in [2.45, 2.75) is 37.9 Å². The Balaban J connectivity index is 1.82. The molecule has 0 aliphatic heterocycles. The number of carbonyl (C=O) groups excluding carboxylic acids is 1. The van der Waals surface area contributed by atoms with E-state index in [0.717, 1.165) is 11.3 Å². The lowest BCUT2D eigenvalue weighted by Crippen LogP contribution is -2.16. The quantitative estimate of drug-likeness (QED) is 0.799. The second-order valence-electron chi connectivity index (χ2n) is 4.72. The minimum absolute atomic E-state index is 0.121. The highest BCUT2D eigenvalue weighted by Gasteiger charge is 2.16. The molecular weight excluding hydrogens is 357 g/mol. The molecule has 0 unspecified atom stereocenters. The molecule has 0 bridgehead atoms. The summed E-state index contributed by atoms with van der Waals surface area (Å²) in [5.74, 6) is 0.701.